The van der Waals surface area contributed by atoms with Gasteiger partial charge in [0.25, 0.3) is 5.91 Å². The van der Waals surface area contributed by atoms with E-state index in [9.17, 15) is 4.79 Å². The van der Waals surface area contributed by atoms with E-state index >= 15 is 0 Å². The summed E-state index contributed by atoms with van der Waals surface area (Å²) in [7, 11) is 1.81. The van der Waals surface area contributed by atoms with Crippen molar-refractivity contribution in [2.75, 3.05) is 20.3 Å². The zero-order valence-electron chi connectivity index (χ0n) is 11.9. The predicted molar refractivity (Wildman–Crippen MR) is 77.6 cm³/mol. The molecule has 0 saturated carbocycles. The van der Waals surface area contributed by atoms with E-state index in [-0.39, 0.29) is 12.0 Å². The molecule has 1 atom stereocenters. The fourth-order valence-electron chi connectivity index (χ4n) is 2.22. The first-order valence-corrected chi connectivity index (χ1v) is 6.90. The van der Waals surface area contributed by atoms with Gasteiger partial charge in [0.2, 0.25) is 0 Å². The highest BCUT2D eigenvalue weighted by molar-refractivity contribution is 5.80. The molecule has 2 rings (SSSR count). The van der Waals surface area contributed by atoms with Crippen LogP contribution < -0.4 is 4.74 Å². The smallest absolute Gasteiger partial charge is 0.251 e. The van der Waals surface area contributed by atoms with E-state index in [0.29, 0.717) is 19.8 Å². The normalized spacial score (nSPS) is 17.8. The molecule has 0 N–H and O–H groups in total. The monoisotopic (exact) mass is 275 g/mol. The Hall–Kier alpha value is -1.81. The highest BCUT2D eigenvalue weighted by Gasteiger charge is 2.26. The van der Waals surface area contributed by atoms with Crippen molar-refractivity contribution in [3.8, 4) is 5.75 Å². The average molecular weight is 275 g/mol. The zero-order chi connectivity index (χ0) is 14.4. The van der Waals surface area contributed by atoms with Crippen molar-refractivity contribution in [2.24, 2.45) is 0 Å². The minimum atomic E-state index is -0.254. The van der Waals surface area contributed by atoms with Crippen LogP contribution in [0.25, 0.3) is 0 Å². The summed E-state index contributed by atoms with van der Waals surface area (Å²) in [5, 5.41) is 0. The fraction of sp³-hybridized carbons (Fsp3) is 0.438. The lowest BCUT2D eigenvalue weighted by Crippen LogP contribution is -2.35. The number of benzene rings is 1. The average Bonchev–Trinajstić information content (AvgIpc) is 3.00. The Balaban J connectivity index is 1.88. The van der Waals surface area contributed by atoms with E-state index in [1.165, 1.54) is 0 Å². The number of ether oxygens (including phenoxy) is 2. The summed E-state index contributed by atoms with van der Waals surface area (Å²) in [5.74, 6) is 0.872. The Morgan fingerprint density at radius 2 is 2.25 bits per heavy atom. The first kappa shape index (κ1) is 14.6. The molecule has 1 aliphatic heterocycles. The molecule has 0 aromatic heterocycles. The summed E-state index contributed by atoms with van der Waals surface area (Å²) in [6.45, 7) is 5.38. The minimum Gasteiger partial charge on any atom is -0.490 e. The number of carbonyl (C=O) groups excluding carboxylic acids is 1. The third-order valence-electron chi connectivity index (χ3n) is 3.29. The number of likely N-dealkylation sites (N-methyl/N-ethyl adjacent to an activating group) is 1. The van der Waals surface area contributed by atoms with Crippen molar-refractivity contribution in [3.63, 3.8) is 0 Å². The number of amides is 1. The summed E-state index contributed by atoms with van der Waals surface area (Å²) < 4.78 is 10.8. The highest BCUT2D eigenvalue weighted by Crippen LogP contribution is 2.17. The van der Waals surface area contributed by atoms with Gasteiger partial charge in [0.05, 0.1) is 0 Å². The highest BCUT2D eigenvalue weighted by atomic mass is 16.5. The molecule has 0 aliphatic carbocycles. The molecule has 1 heterocycles. The first-order valence-electron chi connectivity index (χ1n) is 6.90. The van der Waals surface area contributed by atoms with E-state index in [1.54, 1.807) is 11.0 Å². The lowest BCUT2D eigenvalue weighted by atomic mass is 10.2. The topological polar surface area (TPSA) is 38.8 Å². The lowest BCUT2D eigenvalue weighted by molar-refractivity contribution is -0.140. The molecular formula is C16H21NO3. The van der Waals surface area contributed by atoms with Crippen LogP contribution >= 0.6 is 0 Å². The van der Waals surface area contributed by atoms with E-state index in [2.05, 4.69) is 6.58 Å². The van der Waals surface area contributed by atoms with Crippen LogP contribution in [0.1, 0.15) is 18.4 Å². The molecular weight excluding hydrogens is 254 g/mol. The fourth-order valence-corrected chi connectivity index (χ4v) is 2.22. The molecule has 0 bridgehead atoms. The van der Waals surface area contributed by atoms with Crippen LogP contribution in [0.15, 0.2) is 36.9 Å². The van der Waals surface area contributed by atoms with Crippen LogP contribution in [-0.4, -0.2) is 37.2 Å². The van der Waals surface area contributed by atoms with Gasteiger partial charge in [0.1, 0.15) is 18.5 Å². The summed E-state index contributed by atoms with van der Waals surface area (Å²) >= 11 is 0. The van der Waals surface area contributed by atoms with Gasteiger partial charge in [0, 0.05) is 20.2 Å². The molecule has 1 fully saturated rings. The third-order valence-corrected chi connectivity index (χ3v) is 3.29. The zero-order valence-corrected chi connectivity index (χ0v) is 11.9. The van der Waals surface area contributed by atoms with Crippen LogP contribution in [0, 0.1) is 0 Å². The van der Waals surface area contributed by atoms with Gasteiger partial charge in [-0.3, -0.25) is 4.79 Å². The number of rotatable bonds is 6. The second kappa shape index (κ2) is 7.10. The molecule has 20 heavy (non-hydrogen) atoms. The van der Waals surface area contributed by atoms with E-state index < -0.39 is 0 Å². The summed E-state index contributed by atoms with van der Waals surface area (Å²) in [6.07, 6.45) is 3.26. The Bertz CT molecular complexity index is 449. The van der Waals surface area contributed by atoms with Gasteiger partial charge in [-0.2, -0.15) is 0 Å². The van der Waals surface area contributed by atoms with E-state index in [4.69, 9.17) is 9.47 Å². The molecule has 4 heteroatoms. The van der Waals surface area contributed by atoms with Crippen molar-refractivity contribution in [2.45, 2.75) is 25.5 Å². The number of hydrogen-bond acceptors (Lipinski definition) is 3. The first-order chi connectivity index (χ1) is 9.70. The lowest BCUT2D eigenvalue weighted by Gasteiger charge is -2.20. The maximum Gasteiger partial charge on any atom is 0.251 e. The number of nitrogens with zero attached hydrogens (tertiary/aromatic N) is 1. The van der Waals surface area contributed by atoms with E-state index in [0.717, 1.165) is 24.2 Å². The standard InChI is InChI=1S/C16H21NO3/c1-3-10-19-14-8-6-13(7-9-14)12-17(2)16(18)15-5-4-11-20-15/h3,6-9,15H,1,4-5,10-12H2,2H3/t15-/m0/s1. The molecule has 1 aromatic carbocycles. The van der Waals surface area contributed by atoms with Crippen molar-refractivity contribution >= 4 is 5.91 Å². The molecule has 1 saturated heterocycles. The van der Waals surface area contributed by atoms with E-state index in [1.807, 2.05) is 31.3 Å². The molecule has 1 aromatic rings. The SMILES string of the molecule is C=CCOc1ccc(CN(C)C(=O)[C@@H]2CCCO2)cc1. The minimum absolute atomic E-state index is 0.0643. The van der Waals surface area contributed by atoms with Gasteiger partial charge >= 0.3 is 0 Å². The Kier molecular flexibility index (Phi) is 5.18. The molecule has 4 nitrogen and oxygen atoms in total. The van der Waals surface area contributed by atoms with Crippen LogP contribution in [0.3, 0.4) is 0 Å². The van der Waals surface area contributed by atoms with Gasteiger partial charge in [-0.1, -0.05) is 24.8 Å². The summed E-state index contributed by atoms with van der Waals surface area (Å²) in [4.78, 5) is 13.8. The number of carbonyl (C=O) groups is 1. The van der Waals surface area contributed by atoms with Gasteiger partial charge in [-0.25, -0.2) is 0 Å². The quantitative estimate of drug-likeness (QED) is 0.748. The molecule has 0 unspecified atom stereocenters. The Morgan fingerprint density at radius 1 is 1.50 bits per heavy atom. The number of hydrogen-bond donors (Lipinski definition) is 0. The summed E-state index contributed by atoms with van der Waals surface area (Å²) in [6, 6.07) is 7.75. The Morgan fingerprint density at radius 3 is 2.85 bits per heavy atom. The van der Waals surface area contributed by atoms with Crippen molar-refractivity contribution in [3.05, 3.63) is 42.5 Å². The van der Waals surface area contributed by atoms with Gasteiger partial charge in [0.15, 0.2) is 0 Å². The van der Waals surface area contributed by atoms with Crippen molar-refractivity contribution in [1.29, 1.82) is 0 Å². The van der Waals surface area contributed by atoms with Gasteiger partial charge in [-0.05, 0) is 30.5 Å². The second-order valence-corrected chi connectivity index (χ2v) is 4.94. The third kappa shape index (κ3) is 3.84. The van der Waals surface area contributed by atoms with Crippen LogP contribution in [0.2, 0.25) is 0 Å². The molecule has 0 spiro atoms. The molecule has 108 valence electrons. The van der Waals surface area contributed by atoms with Crippen LogP contribution in [-0.2, 0) is 16.1 Å². The van der Waals surface area contributed by atoms with Crippen LogP contribution in [0.5, 0.6) is 5.75 Å². The maximum absolute atomic E-state index is 12.1. The predicted octanol–water partition coefficient (Wildman–Crippen LogP) is 2.39. The molecule has 1 amide bonds. The van der Waals surface area contributed by atoms with Crippen molar-refractivity contribution < 1.29 is 14.3 Å². The maximum atomic E-state index is 12.1. The second-order valence-electron chi connectivity index (χ2n) is 4.94. The van der Waals surface area contributed by atoms with Crippen LogP contribution in [0.4, 0.5) is 0 Å². The van der Waals surface area contributed by atoms with Crippen molar-refractivity contribution in [1.82, 2.24) is 4.90 Å². The van der Waals surface area contributed by atoms with Gasteiger partial charge in [-0.15, -0.1) is 0 Å². The largest absolute Gasteiger partial charge is 0.490 e. The Labute approximate surface area is 120 Å². The van der Waals surface area contributed by atoms with Gasteiger partial charge < -0.3 is 14.4 Å². The molecule has 0 radical (unpaired) electrons. The molecule has 1 aliphatic rings. The summed E-state index contributed by atoms with van der Waals surface area (Å²) in [5.41, 5.74) is 1.07.